The maximum atomic E-state index is 12.7. The van der Waals surface area contributed by atoms with Crippen LogP contribution in [0.15, 0.2) is 48.5 Å². The van der Waals surface area contributed by atoms with Crippen LogP contribution in [0.3, 0.4) is 0 Å². The standard InChI is InChI=1S/C26H30N4O6/c1-5-22(31)27-20-8-6-7-18(15-20)10-9-17-11-13-19(14-12-17)23(32)28-21(24(33)29-36)16-30(25(34)35)26(2,3)4/h6-8,11-15,21,36H,5,16H2,1-4H3,(H,27,31)(H,28,32)(H,29,33)(H,34,35). The third-order valence-electron chi connectivity index (χ3n) is 5.10. The molecule has 5 N–H and O–H groups in total. The summed E-state index contributed by atoms with van der Waals surface area (Å²) in [7, 11) is 0. The summed E-state index contributed by atoms with van der Waals surface area (Å²) >= 11 is 0. The quantitative estimate of drug-likeness (QED) is 0.227. The molecule has 0 bridgehead atoms. The molecule has 0 radical (unpaired) electrons. The molecule has 0 aliphatic carbocycles. The molecule has 2 rings (SSSR count). The van der Waals surface area contributed by atoms with Crippen molar-refractivity contribution in [3.63, 3.8) is 0 Å². The van der Waals surface area contributed by atoms with Crippen molar-refractivity contribution in [3.8, 4) is 11.8 Å². The molecule has 10 heteroatoms. The topological polar surface area (TPSA) is 148 Å². The fraction of sp³-hybridized carbons (Fsp3) is 0.308. The van der Waals surface area contributed by atoms with E-state index in [9.17, 15) is 24.3 Å². The maximum absolute atomic E-state index is 12.7. The highest BCUT2D eigenvalue weighted by atomic mass is 16.5. The van der Waals surface area contributed by atoms with Gasteiger partial charge in [-0.2, -0.15) is 0 Å². The highest BCUT2D eigenvalue weighted by Crippen LogP contribution is 2.15. The Labute approximate surface area is 209 Å². The number of rotatable bonds is 7. The van der Waals surface area contributed by atoms with E-state index in [1.54, 1.807) is 64.1 Å². The smallest absolute Gasteiger partial charge is 0.407 e. The Hall–Kier alpha value is -4.36. The lowest BCUT2D eigenvalue weighted by molar-refractivity contribution is -0.131. The lowest BCUT2D eigenvalue weighted by Crippen LogP contribution is -2.57. The van der Waals surface area contributed by atoms with Crippen molar-refractivity contribution in [1.82, 2.24) is 15.7 Å². The summed E-state index contributed by atoms with van der Waals surface area (Å²) in [5.41, 5.74) is 2.82. The second-order valence-corrected chi connectivity index (χ2v) is 8.88. The van der Waals surface area contributed by atoms with Gasteiger partial charge in [-0.05, 0) is 63.2 Å². The molecule has 0 aromatic heterocycles. The molecule has 0 saturated heterocycles. The molecule has 0 saturated carbocycles. The van der Waals surface area contributed by atoms with Gasteiger partial charge in [0.25, 0.3) is 11.8 Å². The van der Waals surface area contributed by atoms with Crippen LogP contribution in [0.25, 0.3) is 0 Å². The molecule has 0 heterocycles. The van der Waals surface area contributed by atoms with Crippen LogP contribution >= 0.6 is 0 Å². The molecule has 1 atom stereocenters. The Morgan fingerprint density at radius 1 is 1.00 bits per heavy atom. The second kappa shape index (κ2) is 12.4. The Bertz CT molecular complexity index is 1180. The summed E-state index contributed by atoms with van der Waals surface area (Å²) in [4.78, 5) is 49.0. The zero-order chi connectivity index (χ0) is 26.9. The zero-order valence-electron chi connectivity index (χ0n) is 20.6. The third-order valence-corrected chi connectivity index (χ3v) is 5.10. The van der Waals surface area contributed by atoms with Gasteiger partial charge in [0.15, 0.2) is 0 Å². The third kappa shape index (κ3) is 8.14. The molecular weight excluding hydrogens is 464 g/mol. The van der Waals surface area contributed by atoms with Crippen molar-refractivity contribution in [2.24, 2.45) is 0 Å². The molecule has 0 fully saturated rings. The summed E-state index contributed by atoms with van der Waals surface area (Å²) in [5, 5.41) is 23.8. The summed E-state index contributed by atoms with van der Waals surface area (Å²) < 4.78 is 0. The number of nitrogens with zero attached hydrogens (tertiary/aromatic N) is 1. The molecule has 36 heavy (non-hydrogen) atoms. The molecule has 190 valence electrons. The first-order valence-corrected chi connectivity index (χ1v) is 11.2. The molecular formula is C26H30N4O6. The van der Waals surface area contributed by atoms with Gasteiger partial charge in [-0.3, -0.25) is 19.6 Å². The Kier molecular flexibility index (Phi) is 9.58. The number of carbonyl (C=O) groups is 4. The Morgan fingerprint density at radius 3 is 2.19 bits per heavy atom. The Morgan fingerprint density at radius 2 is 1.64 bits per heavy atom. The first-order chi connectivity index (χ1) is 16.9. The number of nitrogens with one attached hydrogen (secondary N) is 3. The molecule has 2 aromatic rings. The number of benzene rings is 2. The van der Waals surface area contributed by atoms with Crippen molar-refractivity contribution in [2.75, 3.05) is 11.9 Å². The molecule has 0 aliphatic rings. The van der Waals surface area contributed by atoms with E-state index in [-0.39, 0.29) is 18.0 Å². The van der Waals surface area contributed by atoms with Gasteiger partial charge in [0.2, 0.25) is 5.91 Å². The van der Waals surface area contributed by atoms with E-state index >= 15 is 0 Å². The molecule has 1 unspecified atom stereocenters. The Balaban J connectivity index is 2.13. The molecule has 4 amide bonds. The van der Waals surface area contributed by atoms with E-state index in [0.29, 0.717) is 23.2 Å². The van der Waals surface area contributed by atoms with Gasteiger partial charge < -0.3 is 20.6 Å². The van der Waals surface area contributed by atoms with Gasteiger partial charge in [-0.15, -0.1) is 0 Å². The van der Waals surface area contributed by atoms with E-state index in [1.165, 1.54) is 17.6 Å². The number of hydrogen-bond donors (Lipinski definition) is 5. The maximum Gasteiger partial charge on any atom is 0.407 e. The van der Waals surface area contributed by atoms with Gasteiger partial charge in [0.05, 0.1) is 6.54 Å². The monoisotopic (exact) mass is 494 g/mol. The minimum absolute atomic E-state index is 0.0956. The van der Waals surface area contributed by atoms with Crippen LogP contribution in [0, 0.1) is 11.8 Å². The minimum atomic E-state index is -1.32. The van der Waals surface area contributed by atoms with Gasteiger partial charge in [0, 0.05) is 34.3 Å². The van der Waals surface area contributed by atoms with Crippen LogP contribution in [0.1, 0.15) is 55.6 Å². The summed E-state index contributed by atoms with van der Waals surface area (Å²) in [6.07, 6.45) is -0.899. The number of hydrogen-bond acceptors (Lipinski definition) is 5. The van der Waals surface area contributed by atoms with Crippen molar-refractivity contribution in [1.29, 1.82) is 0 Å². The van der Waals surface area contributed by atoms with E-state index in [2.05, 4.69) is 22.5 Å². The lowest BCUT2D eigenvalue weighted by Gasteiger charge is -2.35. The lowest BCUT2D eigenvalue weighted by atomic mass is 10.0. The predicted octanol–water partition coefficient (Wildman–Crippen LogP) is 2.82. The van der Waals surface area contributed by atoms with Crippen LogP contribution in [0.2, 0.25) is 0 Å². The normalized spacial score (nSPS) is 11.4. The van der Waals surface area contributed by atoms with Crippen molar-refractivity contribution in [2.45, 2.75) is 45.7 Å². The largest absolute Gasteiger partial charge is 0.465 e. The first-order valence-electron chi connectivity index (χ1n) is 11.2. The highest BCUT2D eigenvalue weighted by molar-refractivity contribution is 5.97. The SMILES string of the molecule is CCC(=O)Nc1cccc(C#Cc2ccc(C(=O)NC(CN(C(=O)O)C(C)(C)C)C(=O)NO)cc2)c1. The van der Waals surface area contributed by atoms with Gasteiger partial charge in [0.1, 0.15) is 6.04 Å². The number of carboxylic acid groups (broad SMARTS) is 1. The van der Waals surface area contributed by atoms with Crippen LogP contribution in [-0.2, 0) is 9.59 Å². The van der Waals surface area contributed by atoms with Crippen LogP contribution in [0.4, 0.5) is 10.5 Å². The summed E-state index contributed by atoms with van der Waals surface area (Å²) in [5.74, 6) is 4.32. The van der Waals surface area contributed by atoms with E-state index in [4.69, 9.17) is 5.21 Å². The van der Waals surface area contributed by atoms with Crippen molar-refractivity contribution >= 4 is 29.5 Å². The van der Waals surface area contributed by atoms with Gasteiger partial charge in [-0.1, -0.05) is 24.8 Å². The summed E-state index contributed by atoms with van der Waals surface area (Å²) in [6.45, 7) is 6.34. The van der Waals surface area contributed by atoms with Crippen LogP contribution in [-0.4, -0.2) is 57.2 Å². The average Bonchev–Trinajstić information content (AvgIpc) is 2.84. The van der Waals surface area contributed by atoms with Crippen molar-refractivity contribution < 1.29 is 29.5 Å². The first kappa shape index (κ1) is 27.9. The minimum Gasteiger partial charge on any atom is -0.465 e. The number of hydroxylamine groups is 1. The zero-order valence-corrected chi connectivity index (χ0v) is 20.6. The number of carbonyl (C=O) groups excluding carboxylic acids is 3. The molecule has 10 nitrogen and oxygen atoms in total. The average molecular weight is 495 g/mol. The fourth-order valence-electron chi connectivity index (χ4n) is 3.11. The van der Waals surface area contributed by atoms with E-state index in [1.807, 2.05) is 0 Å². The summed E-state index contributed by atoms with van der Waals surface area (Å²) in [6, 6.07) is 12.1. The number of anilines is 1. The number of amides is 4. The molecule has 0 spiro atoms. The van der Waals surface area contributed by atoms with Crippen molar-refractivity contribution in [3.05, 3.63) is 65.2 Å². The highest BCUT2D eigenvalue weighted by Gasteiger charge is 2.32. The van der Waals surface area contributed by atoms with E-state index in [0.717, 1.165) is 4.90 Å². The fourth-order valence-corrected chi connectivity index (χ4v) is 3.11. The van der Waals surface area contributed by atoms with Gasteiger partial charge in [-0.25, -0.2) is 10.3 Å². The molecule has 0 aliphatic heterocycles. The van der Waals surface area contributed by atoms with E-state index < -0.39 is 29.5 Å². The molecule has 2 aromatic carbocycles. The predicted molar refractivity (Wildman–Crippen MR) is 133 cm³/mol. The second-order valence-electron chi connectivity index (χ2n) is 8.88. The van der Waals surface area contributed by atoms with Gasteiger partial charge >= 0.3 is 6.09 Å². The van der Waals surface area contributed by atoms with Crippen LogP contribution in [0.5, 0.6) is 0 Å². The van der Waals surface area contributed by atoms with Crippen LogP contribution < -0.4 is 16.1 Å².